The lowest BCUT2D eigenvalue weighted by Crippen LogP contribution is -2.30. The van der Waals surface area contributed by atoms with Gasteiger partial charge >= 0.3 is 0 Å². The van der Waals surface area contributed by atoms with Crippen LogP contribution in [-0.2, 0) is 13.6 Å². The lowest BCUT2D eigenvalue weighted by Gasteiger charge is -2.20. The zero-order valence-corrected chi connectivity index (χ0v) is 19.6. The van der Waals surface area contributed by atoms with Crippen LogP contribution in [0.4, 0.5) is 0 Å². The molecule has 3 aromatic carbocycles. The summed E-state index contributed by atoms with van der Waals surface area (Å²) in [6, 6.07) is 20.1. The number of para-hydroxylation sites is 1. The van der Waals surface area contributed by atoms with Gasteiger partial charge in [0.1, 0.15) is 24.6 Å². The molecule has 3 heterocycles. The summed E-state index contributed by atoms with van der Waals surface area (Å²) >= 11 is 0. The molecule has 0 atom stereocenters. The monoisotopic (exact) mass is 420 g/mol. The minimum Gasteiger partial charge on any atom is -0.343 e. The summed E-state index contributed by atoms with van der Waals surface area (Å²) in [6.45, 7) is 10.3. The standard InChI is InChI=1S/C29H30N3/c1-18(2)23-16-24-22-12-8-9-13-25(22)30(5)27(24)26(19(3)4)28(23)32-15-14-31-17-20-10-6-7-11-21(20)29(31)32/h6-16,18-19H,17H2,1-5H3/q+1. The molecule has 1 aliphatic rings. The summed E-state index contributed by atoms with van der Waals surface area (Å²) in [5.74, 6) is 2.11. The van der Waals surface area contributed by atoms with E-state index in [1.807, 2.05) is 0 Å². The molecule has 3 nitrogen and oxygen atoms in total. The van der Waals surface area contributed by atoms with Crippen LogP contribution < -0.4 is 4.57 Å². The molecular weight excluding hydrogens is 390 g/mol. The van der Waals surface area contributed by atoms with Crippen LogP contribution in [0.5, 0.6) is 0 Å². The Kier molecular flexibility index (Phi) is 4.13. The van der Waals surface area contributed by atoms with Crippen molar-refractivity contribution in [3.8, 4) is 17.1 Å². The predicted octanol–water partition coefficient (Wildman–Crippen LogP) is 6.69. The van der Waals surface area contributed by atoms with Crippen molar-refractivity contribution in [2.45, 2.75) is 46.1 Å². The largest absolute Gasteiger partial charge is 0.343 e. The molecule has 0 aliphatic carbocycles. The number of nitrogens with zero attached hydrogens (tertiary/aromatic N) is 3. The maximum Gasteiger partial charge on any atom is 0.294 e. The Hall–Kier alpha value is -3.33. The van der Waals surface area contributed by atoms with Gasteiger partial charge < -0.3 is 4.57 Å². The summed E-state index contributed by atoms with van der Waals surface area (Å²) in [4.78, 5) is 0. The molecule has 0 bridgehead atoms. The first-order chi connectivity index (χ1) is 15.5. The van der Waals surface area contributed by atoms with E-state index in [2.05, 4.69) is 115 Å². The van der Waals surface area contributed by atoms with Gasteiger partial charge in [-0.05, 0) is 30.0 Å². The molecule has 32 heavy (non-hydrogen) atoms. The highest BCUT2D eigenvalue weighted by Crippen LogP contribution is 2.42. The van der Waals surface area contributed by atoms with E-state index in [-0.39, 0.29) is 0 Å². The average Bonchev–Trinajstić information content (AvgIpc) is 3.43. The zero-order valence-electron chi connectivity index (χ0n) is 19.6. The third-order valence-corrected chi connectivity index (χ3v) is 7.16. The summed E-state index contributed by atoms with van der Waals surface area (Å²) in [6.07, 6.45) is 4.52. The highest BCUT2D eigenvalue weighted by atomic mass is 15.2. The van der Waals surface area contributed by atoms with Gasteiger partial charge in [-0.3, -0.25) is 0 Å². The van der Waals surface area contributed by atoms with Crippen molar-refractivity contribution >= 4 is 21.8 Å². The van der Waals surface area contributed by atoms with E-state index in [1.54, 1.807) is 0 Å². The van der Waals surface area contributed by atoms with Crippen LogP contribution >= 0.6 is 0 Å². The van der Waals surface area contributed by atoms with Crippen molar-refractivity contribution in [1.82, 2.24) is 9.13 Å². The van der Waals surface area contributed by atoms with Crippen LogP contribution in [0.1, 0.15) is 56.2 Å². The van der Waals surface area contributed by atoms with Crippen molar-refractivity contribution in [1.29, 1.82) is 0 Å². The van der Waals surface area contributed by atoms with Gasteiger partial charge in [-0.2, -0.15) is 4.57 Å². The third kappa shape index (κ3) is 2.51. The first-order valence-corrected chi connectivity index (χ1v) is 11.7. The molecule has 0 amide bonds. The molecule has 0 radical (unpaired) electrons. The summed E-state index contributed by atoms with van der Waals surface area (Å²) < 4.78 is 7.26. The molecule has 0 unspecified atom stereocenters. The van der Waals surface area contributed by atoms with Crippen molar-refractivity contribution in [3.63, 3.8) is 0 Å². The molecule has 1 aliphatic heterocycles. The smallest absolute Gasteiger partial charge is 0.294 e. The number of benzene rings is 3. The van der Waals surface area contributed by atoms with E-state index in [0.29, 0.717) is 11.8 Å². The fourth-order valence-corrected chi connectivity index (χ4v) is 5.72. The van der Waals surface area contributed by atoms with Gasteiger partial charge in [0.2, 0.25) is 0 Å². The summed E-state index contributed by atoms with van der Waals surface area (Å²) in [5, 5.41) is 2.72. The van der Waals surface area contributed by atoms with Crippen LogP contribution in [0.2, 0.25) is 0 Å². The van der Waals surface area contributed by atoms with E-state index in [9.17, 15) is 0 Å². The zero-order chi connectivity index (χ0) is 22.1. The fraction of sp³-hybridized carbons (Fsp3) is 0.276. The Labute approximate surface area is 189 Å². The minimum atomic E-state index is 0.397. The van der Waals surface area contributed by atoms with Gasteiger partial charge in [0.05, 0.1) is 11.1 Å². The first kappa shape index (κ1) is 19.4. The quantitative estimate of drug-likeness (QED) is 0.283. The molecule has 0 N–H and O–H groups in total. The number of aryl methyl sites for hydroxylation is 1. The summed E-state index contributed by atoms with van der Waals surface area (Å²) in [7, 11) is 2.22. The number of hydrogen-bond acceptors (Lipinski definition) is 0. The van der Waals surface area contributed by atoms with E-state index in [4.69, 9.17) is 0 Å². The second kappa shape index (κ2) is 6.83. The molecule has 0 saturated heterocycles. The van der Waals surface area contributed by atoms with Gasteiger partial charge in [0.15, 0.2) is 0 Å². The van der Waals surface area contributed by atoms with E-state index in [1.165, 1.54) is 55.6 Å². The Morgan fingerprint density at radius 3 is 2.41 bits per heavy atom. The van der Waals surface area contributed by atoms with Gasteiger partial charge in [0, 0.05) is 40.0 Å². The Balaban J connectivity index is 1.78. The second-order valence-electron chi connectivity index (χ2n) is 9.79. The molecule has 5 aromatic rings. The maximum atomic E-state index is 2.47. The van der Waals surface area contributed by atoms with Gasteiger partial charge in [-0.1, -0.05) is 64.1 Å². The maximum absolute atomic E-state index is 2.47. The van der Waals surface area contributed by atoms with Crippen molar-refractivity contribution in [2.75, 3.05) is 0 Å². The highest BCUT2D eigenvalue weighted by Gasteiger charge is 2.34. The van der Waals surface area contributed by atoms with Crippen LogP contribution in [0.25, 0.3) is 38.9 Å². The number of hydrogen-bond donors (Lipinski definition) is 0. The summed E-state index contributed by atoms with van der Waals surface area (Å²) in [5.41, 5.74) is 9.62. The molecule has 3 heteroatoms. The molecule has 0 fully saturated rings. The highest BCUT2D eigenvalue weighted by molar-refractivity contribution is 6.10. The van der Waals surface area contributed by atoms with Crippen molar-refractivity contribution in [2.24, 2.45) is 7.05 Å². The van der Waals surface area contributed by atoms with Crippen molar-refractivity contribution < 1.29 is 4.57 Å². The molecule has 6 rings (SSSR count). The van der Waals surface area contributed by atoms with Crippen LogP contribution in [0, 0.1) is 0 Å². The molecule has 0 spiro atoms. The van der Waals surface area contributed by atoms with Crippen LogP contribution in [0.3, 0.4) is 0 Å². The fourth-order valence-electron chi connectivity index (χ4n) is 5.72. The Morgan fingerprint density at radius 2 is 1.62 bits per heavy atom. The van der Waals surface area contributed by atoms with Crippen LogP contribution in [-0.4, -0.2) is 9.13 Å². The molecular formula is C29H30N3+. The van der Waals surface area contributed by atoms with Gasteiger partial charge in [-0.25, -0.2) is 4.57 Å². The lowest BCUT2D eigenvalue weighted by atomic mass is 9.89. The molecule has 0 saturated carbocycles. The average molecular weight is 421 g/mol. The van der Waals surface area contributed by atoms with Gasteiger partial charge in [0.25, 0.3) is 5.82 Å². The van der Waals surface area contributed by atoms with Crippen molar-refractivity contribution in [3.05, 3.63) is 83.7 Å². The normalized spacial score (nSPS) is 13.0. The molecule has 160 valence electrons. The first-order valence-electron chi connectivity index (χ1n) is 11.7. The molecule has 2 aromatic heterocycles. The Morgan fingerprint density at radius 1 is 0.875 bits per heavy atom. The number of fused-ring (bicyclic) bond motifs is 6. The van der Waals surface area contributed by atoms with E-state index < -0.39 is 0 Å². The Bertz CT molecular complexity index is 1510. The van der Waals surface area contributed by atoms with Crippen LogP contribution in [0.15, 0.2) is 67.0 Å². The third-order valence-electron chi connectivity index (χ3n) is 7.16. The second-order valence-corrected chi connectivity index (χ2v) is 9.79. The predicted molar refractivity (Wildman–Crippen MR) is 133 cm³/mol. The topological polar surface area (TPSA) is 13.7 Å². The van der Waals surface area contributed by atoms with E-state index >= 15 is 0 Å². The van der Waals surface area contributed by atoms with Gasteiger partial charge in [-0.15, -0.1) is 0 Å². The number of aromatic nitrogens is 3. The SMILES string of the molecule is CC(C)c1cc2c3ccccc3n(C)c2c(C(C)C)c1-n1cc[n+]2c1-c1ccccc1C2. The number of rotatable bonds is 3. The van der Waals surface area contributed by atoms with E-state index in [0.717, 1.165) is 6.54 Å². The number of imidazole rings is 1. The minimum absolute atomic E-state index is 0.397. The lowest BCUT2D eigenvalue weighted by molar-refractivity contribution is -0.671.